The molecule has 1 aliphatic rings. The maximum atomic E-state index is 13.5. The Balaban J connectivity index is 2.01. The van der Waals surface area contributed by atoms with Crippen LogP contribution >= 0.6 is 11.6 Å². The minimum Gasteiger partial charge on any atom is -0.355 e. The quantitative estimate of drug-likeness (QED) is 0.625. The van der Waals surface area contributed by atoms with Gasteiger partial charge in [-0.05, 0) is 61.2 Å². The molecule has 8 nitrogen and oxygen atoms in total. The molecule has 1 atom stereocenters. The second-order valence-electron chi connectivity index (χ2n) is 7.38. The van der Waals surface area contributed by atoms with Gasteiger partial charge in [0.25, 0.3) is 0 Å². The molecule has 2 aromatic rings. The van der Waals surface area contributed by atoms with Gasteiger partial charge in [-0.3, -0.25) is 9.52 Å². The molecule has 0 radical (unpaired) electrons. The smallest absolute Gasteiger partial charge is 0.244 e. The number of carbonyl (C=O) groups excluding carboxylic acids is 1. The fourth-order valence-electron chi connectivity index (χ4n) is 3.43. The van der Waals surface area contributed by atoms with Gasteiger partial charge in [0, 0.05) is 23.8 Å². The molecule has 0 aromatic heterocycles. The third-order valence-electron chi connectivity index (χ3n) is 4.84. The third-order valence-corrected chi connectivity index (χ3v) is 7.57. The van der Waals surface area contributed by atoms with E-state index in [-0.39, 0.29) is 17.3 Å². The lowest BCUT2D eigenvalue weighted by Crippen LogP contribution is -2.48. The standard InChI is InChI=1S/C20H24ClN3O5S2/c1-30(26,27)23-17-6-4-5-15(13-17)14-24(19-7-2-3-12-22-20(19)25)31(28,29)18-10-8-16(21)9-11-18/h4-6,8-11,13,19,23H,2-3,7,12,14H2,1H3,(H,22,25). The molecule has 1 saturated heterocycles. The average molecular weight is 486 g/mol. The van der Waals surface area contributed by atoms with Crippen molar-refractivity contribution < 1.29 is 21.6 Å². The Morgan fingerprint density at radius 3 is 2.48 bits per heavy atom. The number of halogens is 1. The molecule has 0 spiro atoms. The summed E-state index contributed by atoms with van der Waals surface area (Å²) in [6.45, 7) is 0.403. The Morgan fingerprint density at radius 1 is 1.10 bits per heavy atom. The van der Waals surface area contributed by atoms with Crippen LogP contribution in [0.5, 0.6) is 0 Å². The number of carbonyl (C=O) groups is 1. The van der Waals surface area contributed by atoms with Gasteiger partial charge in [-0.2, -0.15) is 4.31 Å². The minimum atomic E-state index is -4.04. The summed E-state index contributed by atoms with van der Waals surface area (Å²) in [6, 6.07) is 11.3. The molecule has 168 valence electrons. The van der Waals surface area contributed by atoms with Crippen LogP contribution in [-0.4, -0.2) is 45.9 Å². The number of anilines is 1. The number of nitrogens with zero attached hydrogens (tertiary/aromatic N) is 1. The van der Waals surface area contributed by atoms with E-state index in [9.17, 15) is 21.6 Å². The summed E-state index contributed by atoms with van der Waals surface area (Å²) in [5, 5.41) is 3.18. The maximum Gasteiger partial charge on any atom is 0.244 e. The van der Waals surface area contributed by atoms with E-state index in [0.717, 1.165) is 12.7 Å². The van der Waals surface area contributed by atoms with Gasteiger partial charge in [0.05, 0.1) is 11.2 Å². The second-order valence-corrected chi connectivity index (χ2v) is 11.5. The number of hydrogen-bond donors (Lipinski definition) is 2. The first-order valence-electron chi connectivity index (χ1n) is 9.68. The lowest BCUT2D eigenvalue weighted by molar-refractivity contribution is -0.124. The first kappa shape index (κ1) is 23.5. The molecule has 3 rings (SSSR count). The molecule has 2 N–H and O–H groups in total. The molecule has 0 aliphatic carbocycles. The molecule has 1 heterocycles. The molecular formula is C20H24ClN3O5S2. The van der Waals surface area contributed by atoms with Crippen molar-refractivity contribution in [3.8, 4) is 0 Å². The van der Waals surface area contributed by atoms with E-state index in [1.165, 1.54) is 28.6 Å². The number of hydrogen-bond acceptors (Lipinski definition) is 5. The van der Waals surface area contributed by atoms with E-state index < -0.39 is 26.1 Å². The van der Waals surface area contributed by atoms with Crippen LogP contribution in [0.25, 0.3) is 0 Å². The summed E-state index contributed by atoms with van der Waals surface area (Å²) in [5.74, 6) is -0.347. The molecular weight excluding hydrogens is 462 g/mol. The first-order valence-corrected chi connectivity index (χ1v) is 13.4. The van der Waals surface area contributed by atoms with Gasteiger partial charge in [0.1, 0.15) is 6.04 Å². The van der Waals surface area contributed by atoms with E-state index in [1.807, 2.05) is 0 Å². The number of benzene rings is 2. The fraction of sp³-hybridized carbons (Fsp3) is 0.350. The molecule has 1 amide bonds. The summed E-state index contributed by atoms with van der Waals surface area (Å²) in [7, 11) is -7.53. The third kappa shape index (κ3) is 6.19. The van der Waals surface area contributed by atoms with Crippen molar-refractivity contribution in [1.82, 2.24) is 9.62 Å². The largest absolute Gasteiger partial charge is 0.355 e. The molecule has 1 unspecified atom stereocenters. The van der Waals surface area contributed by atoms with Crippen molar-refractivity contribution in [2.75, 3.05) is 17.5 Å². The highest BCUT2D eigenvalue weighted by Gasteiger charge is 2.36. The van der Waals surface area contributed by atoms with E-state index in [0.29, 0.717) is 35.7 Å². The van der Waals surface area contributed by atoms with Crippen LogP contribution in [-0.2, 0) is 31.4 Å². The Hall–Kier alpha value is -2.14. The minimum absolute atomic E-state index is 0.0272. The van der Waals surface area contributed by atoms with Gasteiger partial charge in [0.2, 0.25) is 26.0 Å². The topological polar surface area (TPSA) is 113 Å². The fourth-order valence-corrected chi connectivity index (χ4v) is 5.72. The number of amides is 1. The monoisotopic (exact) mass is 485 g/mol. The number of sulfonamides is 2. The van der Waals surface area contributed by atoms with Gasteiger partial charge in [0.15, 0.2) is 0 Å². The van der Waals surface area contributed by atoms with Crippen LogP contribution in [0.15, 0.2) is 53.4 Å². The van der Waals surface area contributed by atoms with E-state index in [2.05, 4.69) is 10.0 Å². The van der Waals surface area contributed by atoms with Crippen molar-refractivity contribution in [2.24, 2.45) is 0 Å². The van der Waals surface area contributed by atoms with Gasteiger partial charge < -0.3 is 5.32 Å². The lowest BCUT2D eigenvalue weighted by Gasteiger charge is -2.29. The lowest BCUT2D eigenvalue weighted by atomic mass is 10.1. The summed E-state index contributed by atoms with van der Waals surface area (Å²) >= 11 is 5.91. The van der Waals surface area contributed by atoms with Crippen LogP contribution < -0.4 is 10.0 Å². The van der Waals surface area contributed by atoms with Crippen molar-refractivity contribution in [2.45, 2.75) is 36.7 Å². The second kappa shape index (κ2) is 9.56. The zero-order valence-electron chi connectivity index (χ0n) is 16.9. The van der Waals surface area contributed by atoms with Gasteiger partial charge in [-0.1, -0.05) is 23.7 Å². The van der Waals surface area contributed by atoms with E-state index >= 15 is 0 Å². The van der Waals surface area contributed by atoms with Crippen molar-refractivity contribution in [1.29, 1.82) is 0 Å². The van der Waals surface area contributed by atoms with Crippen molar-refractivity contribution in [3.63, 3.8) is 0 Å². The molecule has 11 heteroatoms. The van der Waals surface area contributed by atoms with E-state index in [4.69, 9.17) is 11.6 Å². The van der Waals surface area contributed by atoms with Gasteiger partial charge >= 0.3 is 0 Å². The zero-order valence-corrected chi connectivity index (χ0v) is 19.3. The van der Waals surface area contributed by atoms with Crippen LogP contribution in [0.3, 0.4) is 0 Å². The summed E-state index contributed by atoms with van der Waals surface area (Å²) in [5.41, 5.74) is 0.859. The van der Waals surface area contributed by atoms with E-state index in [1.54, 1.807) is 24.3 Å². The SMILES string of the molecule is CS(=O)(=O)Nc1cccc(CN(C2CCCCNC2=O)S(=O)(=O)c2ccc(Cl)cc2)c1. The summed E-state index contributed by atoms with van der Waals surface area (Å²) in [4.78, 5) is 12.7. The Bertz CT molecular complexity index is 1150. The average Bonchev–Trinajstić information content (AvgIpc) is 2.89. The van der Waals surface area contributed by atoms with Crippen molar-refractivity contribution in [3.05, 3.63) is 59.1 Å². The zero-order chi connectivity index (χ0) is 22.6. The summed E-state index contributed by atoms with van der Waals surface area (Å²) < 4.78 is 53.7. The van der Waals surface area contributed by atoms with Gasteiger partial charge in [-0.15, -0.1) is 0 Å². The van der Waals surface area contributed by atoms with Gasteiger partial charge in [-0.25, -0.2) is 16.8 Å². The molecule has 31 heavy (non-hydrogen) atoms. The highest BCUT2D eigenvalue weighted by Crippen LogP contribution is 2.26. The van der Waals surface area contributed by atoms with Crippen LogP contribution in [0, 0.1) is 0 Å². The Labute approximate surface area is 187 Å². The van der Waals surface area contributed by atoms with Crippen LogP contribution in [0.4, 0.5) is 5.69 Å². The molecule has 0 saturated carbocycles. The van der Waals surface area contributed by atoms with Crippen LogP contribution in [0.1, 0.15) is 24.8 Å². The maximum absolute atomic E-state index is 13.5. The molecule has 1 aliphatic heterocycles. The highest BCUT2D eigenvalue weighted by molar-refractivity contribution is 7.92. The molecule has 1 fully saturated rings. The number of nitrogens with one attached hydrogen (secondary N) is 2. The Morgan fingerprint density at radius 2 is 1.81 bits per heavy atom. The first-order chi connectivity index (χ1) is 14.6. The van der Waals surface area contributed by atoms with Crippen LogP contribution in [0.2, 0.25) is 5.02 Å². The Kier molecular flexibility index (Phi) is 7.25. The highest BCUT2D eigenvalue weighted by atomic mass is 35.5. The molecule has 2 aromatic carbocycles. The summed E-state index contributed by atoms with van der Waals surface area (Å²) in [6.07, 6.45) is 2.89. The predicted octanol–water partition coefficient (Wildman–Crippen LogP) is 2.57. The predicted molar refractivity (Wildman–Crippen MR) is 120 cm³/mol. The molecule has 0 bridgehead atoms. The van der Waals surface area contributed by atoms with Crippen molar-refractivity contribution >= 4 is 43.2 Å². The normalized spacial score (nSPS) is 17.8. The number of rotatable bonds is 7.